The largest absolute Gasteiger partial charge is 0.396 e. The van der Waals surface area contributed by atoms with E-state index in [1.165, 1.54) is 4.90 Å². The van der Waals surface area contributed by atoms with Crippen molar-refractivity contribution in [1.82, 2.24) is 4.90 Å². The van der Waals surface area contributed by atoms with E-state index >= 15 is 0 Å². The number of nitrogens with zero attached hydrogens (tertiary/aromatic N) is 1. The quantitative estimate of drug-likeness (QED) is 0.775. The number of halogens is 2. The Labute approximate surface area is 134 Å². The Morgan fingerprint density at radius 2 is 1.86 bits per heavy atom. The number of hydrogen-bond donors (Lipinski definition) is 3. The molecule has 2 amide bonds. The Hall–Kier alpha value is -1.01. The third-order valence-corrected chi connectivity index (χ3v) is 3.94. The molecule has 7 heteroatoms. The van der Waals surface area contributed by atoms with Gasteiger partial charge in [-0.25, -0.2) is 4.79 Å². The number of rotatable bonds is 5. The van der Waals surface area contributed by atoms with Crippen molar-refractivity contribution >= 4 is 34.9 Å². The molecule has 0 aliphatic heterocycles. The van der Waals surface area contributed by atoms with Gasteiger partial charge in [-0.1, -0.05) is 30.1 Å². The van der Waals surface area contributed by atoms with Crippen LogP contribution in [0.3, 0.4) is 0 Å². The zero-order valence-corrected chi connectivity index (χ0v) is 13.8. The van der Waals surface area contributed by atoms with Crippen LogP contribution < -0.4 is 5.32 Å². The standard InChI is InChI=1S/C14H20Cl2N2O3/c1-9-4-11(16)12(5-10(9)15)17-13(21)18(3)6-14(2,7-19)8-20/h4-5,19-20H,6-8H2,1-3H3,(H,17,21). The molecule has 0 aliphatic carbocycles. The summed E-state index contributed by atoms with van der Waals surface area (Å²) in [5.74, 6) is 0. The van der Waals surface area contributed by atoms with Crippen molar-refractivity contribution in [3.8, 4) is 0 Å². The minimum atomic E-state index is -0.763. The molecule has 0 saturated carbocycles. The van der Waals surface area contributed by atoms with Crippen molar-refractivity contribution in [2.75, 3.05) is 32.1 Å². The van der Waals surface area contributed by atoms with E-state index in [1.54, 1.807) is 26.1 Å². The Kier molecular flexibility index (Phi) is 6.28. The normalized spacial score (nSPS) is 11.4. The fourth-order valence-corrected chi connectivity index (χ4v) is 2.18. The number of aliphatic hydroxyl groups is 2. The van der Waals surface area contributed by atoms with Gasteiger partial charge in [-0.2, -0.15) is 0 Å². The van der Waals surface area contributed by atoms with Gasteiger partial charge in [0.05, 0.1) is 23.9 Å². The number of aliphatic hydroxyl groups excluding tert-OH is 2. The van der Waals surface area contributed by atoms with Gasteiger partial charge < -0.3 is 20.4 Å². The van der Waals surface area contributed by atoms with E-state index in [4.69, 9.17) is 23.2 Å². The molecule has 0 spiro atoms. The molecule has 0 bridgehead atoms. The Balaban J connectivity index is 2.79. The Morgan fingerprint density at radius 1 is 1.29 bits per heavy atom. The van der Waals surface area contributed by atoms with Crippen LogP contribution in [0.4, 0.5) is 10.5 Å². The highest BCUT2D eigenvalue weighted by molar-refractivity contribution is 6.36. The number of carbonyl (C=O) groups is 1. The van der Waals surface area contributed by atoms with E-state index in [9.17, 15) is 15.0 Å². The summed E-state index contributed by atoms with van der Waals surface area (Å²) in [5, 5.41) is 22.1. The van der Waals surface area contributed by atoms with Crippen LogP contribution >= 0.6 is 23.2 Å². The molecular formula is C14H20Cl2N2O3. The first-order valence-corrected chi connectivity index (χ1v) is 7.17. The van der Waals surface area contributed by atoms with Crippen molar-refractivity contribution in [1.29, 1.82) is 0 Å². The van der Waals surface area contributed by atoms with E-state index in [0.29, 0.717) is 15.7 Å². The smallest absolute Gasteiger partial charge is 0.321 e. The van der Waals surface area contributed by atoms with E-state index in [0.717, 1.165) is 5.56 Å². The van der Waals surface area contributed by atoms with Crippen LogP contribution in [0.1, 0.15) is 12.5 Å². The fraction of sp³-hybridized carbons (Fsp3) is 0.500. The van der Waals surface area contributed by atoms with E-state index in [-0.39, 0.29) is 19.8 Å². The highest BCUT2D eigenvalue weighted by Gasteiger charge is 2.26. The van der Waals surface area contributed by atoms with Crippen molar-refractivity contribution in [3.63, 3.8) is 0 Å². The summed E-state index contributed by atoms with van der Waals surface area (Å²) >= 11 is 12.1. The number of aryl methyl sites for hydroxylation is 1. The van der Waals surface area contributed by atoms with Gasteiger partial charge in [0.15, 0.2) is 0 Å². The molecule has 0 aromatic heterocycles. The summed E-state index contributed by atoms with van der Waals surface area (Å²) in [6.45, 7) is 3.26. The lowest BCUT2D eigenvalue weighted by molar-refractivity contribution is 0.0509. The van der Waals surface area contributed by atoms with E-state index < -0.39 is 11.4 Å². The molecule has 0 aliphatic rings. The second kappa shape index (κ2) is 7.31. The third kappa shape index (κ3) is 4.74. The number of urea groups is 1. The number of benzene rings is 1. The average molecular weight is 335 g/mol. The SMILES string of the molecule is Cc1cc(Cl)c(NC(=O)N(C)CC(C)(CO)CO)cc1Cl. The summed E-state index contributed by atoms with van der Waals surface area (Å²) < 4.78 is 0. The van der Waals surface area contributed by atoms with E-state index in [2.05, 4.69) is 5.32 Å². The predicted octanol–water partition coefficient (Wildman–Crippen LogP) is 2.76. The summed E-state index contributed by atoms with van der Waals surface area (Å²) in [7, 11) is 1.57. The van der Waals surface area contributed by atoms with Gasteiger partial charge in [0.25, 0.3) is 0 Å². The van der Waals surface area contributed by atoms with Crippen LogP contribution in [-0.4, -0.2) is 48.0 Å². The van der Waals surface area contributed by atoms with Crippen LogP contribution in [-0.2, 0) is 0 Å². The molecule has 0 heterocycles. The topological polar surface area (TPSA) is 72.8 Å². The molecule has 0 unspecified atom stereocenters. The first kappa shape index (κ1) is 18.0. The van der Waals surface area contributed by atoms with E-state index in [1.807, 2.05) is 6.92 Å². The van der Waals surface area contributed by atoms with Crippen molar-refractivity contribution in [2.45, 2.75) is 13.8 Å². The first-order valence-electron chi connectivity index (χ1n) is 6.42. The summed E-state index contributed by atoms with van der Waals surface area (Å²) in [6, 6.07) is 2.86. The fourth-order valence-electron chi connectivity index (χ4n) is 1.75. The molecule has 21 heavy (non-hydrogen) atoms. The van der Waals surface area contributed by atoms with Gasteiger partial charge in [-0.3, -0.25) is 0 Å². The molecule has 5 nitrogen and oxygen atoms in total. The summed E-state index contributed by atoms with van der Waals surface area (Å²) in [4.78, 5) is 13.5. The highest BCUT2D eigenvalue weighted by atomic mass is 35.5. The molecule has 0 fully saturated rings. The predicted molar refractivity (Wildman–Crippen MR) is 85.1 cm³/mol. The van der Waals surface area contributed by atoms with Crippen LogP contribution in [0.5, 0.6) is 0 Å². The van der Waals surface area contributed by atoms with Crippen LogP contribution in [0.2, 0.25) is 10.0 Å². The lowest BCUT2D eigenvalue weighted by Gasteiger charge is -2.30. The molecule has 0 atom stereocenters. The molecule has 0 radical (unpaired) electrons. The molecule has 118 valence electrons. The highest BCUT2D eigenvalue weighted by Crippen LogP contribution is 2.29. The molecule has 1 rings (SSSR count). The van der Waals surface area contributed by atoms with Crippen LogP contribution in [0.25, 0.3) is 0 Å². The maximum absolute atomic E-state index is 12.1. The number of anilines is 1. The third-order valence-electron chi connectivity index (χ3n) is 3.22. The van der Waals surface area contributed by atoms with Crippen molar-refractivity contribution < 1.29 is 15.0 Å². The summed E-state index contributed by atoms with van der Waals surface area (Å²) in [5.41, 5.74) is 0.473. The maximum Gasteiger partial charge on any atom is 0.321 e. The number of carbonyl (C=O) groups excluding carboxylic acids is 1. The van der Waals surface area contributed by atoms with Crippen molar-refractivity contribution in [3.05, 3.63) is 27.7 Å². The first-order chi connectivity index (χ1) is 9.72. The molecule has 1 aromatic rings. The van der Waals surface area contributed by atoms with Gasteiger partial charge in [0.1, 0.15) is 0 Å². The molecule has 0 saturated heterocycles. The second-order valence-electron chi connectivity index (χ2n) is 5.49. The molecule has 1 aromatic carbocycles. The van der Waals surface area contributed by atoms with Gasteiger partial charge in [-0.05, 0) is 24.6 Å². The van der Waals surface area contributed by atoms with Crippen LogP contribution in [0.15, 0.2) is 12.1 Å². The lowest BCUT2D eigenvalue weighted by Crippen LogP contribution is -2.43. The number of amides is 2. The molecule has 3 N–H and O–H groups in total. The maximum atomic E-state index is 12.1. The Morgan fingerprint density at radius 3 is 2.38 bits per heavy atom. The van der Waals surface area contributed by atoms with Crippen molar-refractivity contribution in [2.24, 2.45) is 5.41 Å². The second-order valence-corrected chi connectivity index (χ2v) is 6.31. The van der Waals surface area contributed by atoms with Crippen LogP contribution in [0, 0.1) is 12.3 Å². The van der Waals surface area contributed by atoms with Gasteiger partial charge in [-0.15, -0.1) is 0 Å². The average Bonchev–Trinajstić information content (AvgIpc) is 2.44. The van der Waals surface area contributed by atoms with Gasteiger partial charge in [0, 0.05) is 24.0 Å². The number of nitrogens with one attached hydrogen (secondary N) is 1. The minimum Gasteiger partial charge on any atom is -0.396 e. The summed E-state index contributed by atoms with van der Waals surface area (Å²) in [6.07, 6.45) is 0. The molecular weight excluding hydrogens is 315 g/mol. The lowest BCUT2D eigenvalue weighted by atomic mass is 9.92. The Bertz CT molecular complexity index is 519. The van der Waals surface area contributed by atoms with Gasteiger partial charge in [0.2, 0.25) is 0 Å². The number of hydrogen-bond acceptors (Lipinski definition) is 3. The monoisotopic (exact) mass is 334 g/mol. The minimum absolute atomic E-state index is 0.197. The van der Waals surface area contributed by atoms with Gasteiger partial charge >= 0.3 is 6.03 Å². The zero-order valence-electron chi connectivity index (χ0n) is 12.3. The zero-order chi connectivity index (χ0) is 16.2.